The van der Waals surface area contributed by atoms with E-state index in [2.05, 4.69) is 4.90 Å². The third-order valence-electron chi connectivity index (χ3n) is 13.4. The van der Waals surface area contributed by atoms with Gasteiger partial charge in [-0.2, -0.15) is 0 Å². The first-order chi connectivity index (χ1) is 32.4. The second-order valence-corrected chi connectivity index (χ2v) is 19.8. The van der Waals surface area contributed by atoms with Crippen LogP contribution in [0.3, 0.4) is 0 Å². The summed E-state index contributed by atoms with van der Waals surface area (Å²) in [4.78, 5) is 49.3. The van der Waals surface area contributed by atoms with Gasteiger partial charge in [0.1, 0.15) is 36.8 Å². The fourth-order valence-electron chi connectivity index (χ4n) is 9.65. The quantitative estimate of drug-likeness (QED) is 0.0737. The maximum atomic E-state index is 13.1. The second kappa shape index (κ2) is 28.9. The molecule has 0 aromatic carbocycles. The lowest BCUT2D eigenvalue weighted by Gasteiger charge is -2.50. The van der Waals surface area contributed by atoms with Gasteiger partial charge in [-0.15, -0.1) is 0 Å². The average Bonchev–Trinajstić information content (AvgIpc) is 3.24. The fourth-order valence-corrected chi connectivity index (χ4v) is 9.65. The van der Waals surface area contributed by atoms with Gasteiger partial charge in [-0.05, 0) is 107 Å². The van der Waals surface area contributed by atoms with Gasteiger partial charge < -0.3 is 83.1 Å². The van der Waals surface area contributed by atoms with Crippen LogP contribution < -0.4 is 0 Å². The highest BCUT2D eigenvalue weighted by Gasteiger charge is 2.52. The Hall–Kier alpha value is -2.96. The molecule has 0 aromatic rings. The van der Waals surface area contributed by atoms with Crippen LogP contribution in [0.5, 0.6) is 0 Å². The highest BCUT2D eigenvalue weighted by atomic mass is 16.7. The number of ether oxygens (including phenoxy) is 8. The largest absolute Gasteiger partial charge is 0.481 e. The Kier molecular flexibility index (Phi) is 25.3. The lowest BCUT2D eigenvalue weighted by atomic mass is 9.82. The minimum Gasteiger partial charge on any atom is -0.481 e. The number of allylic oxidation sites excluding steroid dienone is 2. The van der Waals surface area contributed by atoms with E-state index in [9.17, 15) is 39.6 Å². The Morgan fingerprint density at radius 3 is 2.01 bits per heavy atom. The van der Waals surface area contributed by atoms with Gasteiger partial charge in [0.05, 0.1) is 54.7 Å². The van der Waals surface area contributed by atoms with Crippen LogP contribution in [0.2, 0.25) is 0 Å². The second-order valence-electron chi connectivity index (χ2n) is 19.8. The van der Waals surface area contributed by atoms with Gasteiger partial charge in [-0.25, -0.2) is 0 Å². The number of aldehydes is 1. The van der Waals surface area contributed by atoms with E-state index in [0.717, 1.165) is 12.7 Å². The summed E-state index contributed by atoms with van der Waals surface area (Å²) in [6.07, 6.45) is -0.546. The Labute approximate surface area is 408 Å². The van der Waals surface area contributed by atoms with Gasteiger partial charge in [-0.3, -0.25) is 14.4 Å². The highest BCUT2D eigenvalue weighted by Crippen LogP contribution is 2.37. The van der Waals surface area contributed by atoms with E-state index in [0.29, 0.717) is 32.1 Å². The zero-order valence-electron chi connectivity index (χ0n) is 42.5. The van der Waals surface area contributed by atoms with E-state index in [1.807, 2.05) is 52.2 Å². The van der Waals surface area contributed by atoms with Crippen LogP contribution in [0.1, 0.15) is 112 Å². The smallest absolute Gasteiger partial charge is 0.308 e. The summed E-state index contributed by atoms with van der Waals surface area (Å²) < 4.78 is 50.0. The van der Waals surface area contributed by atoms with Crippen molar-refractivity contribution in [2.75, 3.05) is 35.3 Å². The highest BCUT2D eigenvalue weighted by molar-refractivity contribution is 5.70. The molecule has 0 saturated carbocycles. The third-order valence-corrected chi connectivity index (χ3v) is 13.4. The van der Waals surface area contributed by atoms with E-state index >= 15 is 0 Å². The maximum Gasteiger partial charge on any atom is 0.308 e. The van der Waals surface area contributed by atoms with Gasteiger partial charge in [-0.1, -0.05) is 31.2 Å². The molecule has 3 fully saturated rings. The first-order valence-electron chi connectivity index (χ1n) is 24.3. The summed E-state index contributed by atoms with van der Waals surface area (Å²) in [6, 6.07) is -0.466. The van der Waals surface area contributed by atoms with Gasteiger partial charge >= 0.3 is 17.9 Å². The molecule has 69 heavy (non-hydrogen) atoms. The molecule has 19 atom stereocenters. The van der Waals surface area contributed by atoms with Crippen molar-refractivity contribution in [2.24, 2.45) is 11.8 Å². The fraction of sp³-hybridized carbons (Fsp3) is 0.837. The van der Waals surface area contributed by atoms with Crippen LogP contribution in [0.15, 0.2) is 24.3 Å². The number of carbonyl (C=O) groups is 4. The lowest BCUT2D eigenvalue weighted by Crippen LogP contribution is -2.65. The molecule has 1 unspecified atom stereocenters. The molecule has 0 aromatic heterocycles. The summed E-state index contributed by atoms with van der Waals surface area (Å²) in [5.74, 6) is -3.21. The van der Waals surface area contributed by atoms with Crippen LogP contribution >= 0.6 is 0 Å². The van der Waals surface area contributed by atoms with Crippen LogP contribution in [-0.2, 0) is 57.1 Å². The molecule has 4 aliphatic heterocycles. The zero-order chi connectivity index (χ0) is 51.7. The summed E-state index contributed by atoms with van der Waals surface area (Å²) in [5.41, 5.74) is -1.47. The first-order valence-corrected chi connectivity index (χ1v) is 24.3. The Bertz CT molecular complexity index is 1610. The van der Waals surface area contributed by atoms with Crippen molar-refractivity contribution in [1.82, 2.24) is 9.80 Å². The van der Waals surface area contributed by atoms with Crippen molar-refractivity contribution >= 4 is 24.2 Å². The number of hydrogen-bond acceptors (Lipinski definition) is 18. The molecule has 0 radical (unpaired) electrons. The molecule has 4 heterocycles. The summed E-state index contributed by atoms with van der Waals surface area (Å²) in [7, 11) is 9.03. The number of nitrogens with zero attached hydrogens (tertiary/aromatic N) is 2. The van der Waals surface area contributed by atoms with Crippen molar-refractivity contribution in [1.29, 1.82) is 0 Å². The van der Waals surface area contributed by atoms with E-state index in [4.69, 9.17) is 48.1 Å². The molecule has 6 N–H and O–H groups in total. The average molecular weight is 989 g/mol. The number of cyclic esters (lactones) is 1. The molecule has 4 aliphatic rings. The number of likely N-dealkylation sites (N-methyl/N-ethyl adjacent to an activating group) is 2. The molecule has 0 aliphatic carbocycles. The minimum atomic E-state index is -1.47. The minimum absolute atomic E-state index is 0.00885. The van der Waals surface area contributed by atoms with Crippen molar-refractivity contribution < 1.29 is 87.7 Å². The molecule has 0 amide bonds. The number of carboxylic acids is 2. The summed E-state index contributed by atoms with van der Waals surface area (Å²) in [6.45, 7) is 10.8. The molecule has 3 saturated heterocycles. The predicted octanol–water partition coefficient (Wildman–Crippen LogP) is 3.04. The zero-order valence-corrected chi connectivity index (χ0v) is 42.5. The number of carbonyl (C=O) groups excluding carboxylic acids is 2. The number of rotatable bonds is 16. The third kappa shape index (κ3) is 18.9. The molecule has 0 spiro atoms. The van der Waals surface area contributed by atoms with Gasteiger partial charge in [0.15, 0.2) is 18.9 Å². The monoisotopic (exact) mass is 989 g/mol. The van der Waals surface area contributed by atoms with Crippen LogP contribution in [0.25, 0.3) is 0 Å². The SMILES string of the molecule is CO[C@@H]1[C@@H](O[C@@H]2O[C@H](C)[C@@H](O[C@H]3C[C@@](C)(O)[C@@H](O)[C@H](C)O3)[C@H](N(C)C)[C@H]2O)[C@@H](CC=O)C[C@@H](C)[C@@H](OC2CC[C@H](N(C)C)[C@@H](C)O2)/C=C/C=C\C[C@@H](C)OC(=O)C[C@H]1O.O=C(O)CCCCC(=O)O. The number of hydrogen-bond donors (Lipinski definition) is 6. The topological polar surface area (TPSA) is 270 Å². The van der Waals surface area contributed by atoms with Crippen LogP contribution in [0, 0.1) is 11.8 Å². The van der Waals surface area contributed by atoms with Crippen molar-refractivity contribution in [3.8, 4) is 0 Å². The molecular weight excluding hydrogens is 905 g/mol. The molecule has 398 valence electrons. The number of aliphatic hydroxyl groups excluding tert-OH is 3. The van der Waals surface area contributed by atoms with Gasteiger partial charge in [0.2, 0.25) is 0 Å². The predicted molar refractivity (Wildman–Crippen MR) is 251 cm³/mol. The Morgan fingerprint density at radius 1 is 0.826 bits per heavy atom. The number of aliphatic carboxylic acids is 2. The Morgan fingerprint density at radius 2 is 1.46 bits per heavy atom. The standard InChI is InChI=1S/C43H74N2O14.C6H10O4/c1-24-21-29(19-20-46)39(59-42-37(49)36(45(9)10)38(27(4)56-42)58-35-23-43(6,51)41(50)28(5)55-35)40(52-11)31(47)22-33(48)53-25(2)15-13-12-14-16-32(24)57-34-18-17-30(44(7)8)26(3)54-34;7-5(8)3-1-2-4-6(9)10/h12-14,16,20,24-32,34-42,47,49-51H,15,17-19,21-23H2,1-11H3;1-4H2,(H,7,8)(H,9,10)/b13-12-,16-14+;/t24-,25-,26-,27-,28+,29+,30+,31-,32+,34?,35+,36-,37-,38-,39+,40+,41+,42+,43-;/m1./s1. The number of aliphatic hydroxyl groups is 4. The summed E-state index contributed by atoms with van der Waals surface area (Å²) >= 11 is 0. The van der Waals surface area contributed by atoms with Gasteiger partial charge in [0, 0.05) is 45.3 Å². The van der Waals surface area contributed by atoms with E-state index in [1.165, 1.54) is 14.0 Å². The maximum absolute atomic E-state index is 13.1. The first kappa shape index (κ1) is 60.3. The van der Waals surface area contributed by atoms with E-state index in [-0.39, 0.29) is 43.7 Å². The Balaban J connectivity index is 0.00000113. The van der Waals surface area contributed by atoms with E-state index in [1.54, 1.807) is 39.8 Å². The van der Waals surface area contributed by atoms with Crippen LogP contribution in [-0.4, -0.2) is 204 Å². The summed E-state index contributed by atoms with van der Waals surface area (Å²) in [5, 5.41) is 61.3. The van der Waals surface area contributed by atoms with Gasteiger partial charge in [0.25, 0.3) is 0 Å². The molecule has 0 bridgehead atoms. The lowest BCUT2D eigenvalue weighted by molar-refractivity contribution is -0.344. The number of unbranched alkanes of at least 4 members (excludes halogenated alkanes) is 1. The molecular formula is C49H84N2O18. The van der Waals surface area contributed by atoms with Crippen LogP contribution in [0.4, 0.5) is 0 Å². The van der Waals surface area contributed by atoms with E-state index < -0.39 is 122 Å². The van der Waals surface area contributed by atoms with Crippen molar-refractivity contribution in [3.05, 3.63) is 24.3 Å². The van der Waals surface area contributed by atoms with Crippen molar-refractivity contribution in [2.45, 2.75) is 216 Å². The number of carboxylic acid groups (broad SMARTS) is 2. The molecule has 20 heteroatoms. The normalized spacial score (nSPS) is 40.5. The number of esters is 1. The molecule has 20 nitrogen and oxygen atoms in total. The molecule has 4 rings (SSSR count). The number of methoxy groups -OCH3 is 1. The van der Waals surface area contributed by atoms with Crippen molar-refractivity contribution in [3.63, 3.8) is 0 Å².